The molecule has 7 nitrogen and oxygen atoms in total. The van der Waals surface area contributed by atoms with Crippen LogP contribution in [0.25, 0.3) is 11.5 Å². The van der Waals surface area contributed by atoms with E-state index in [-0.39, 0.29) is 5.91 Å². The van der Waals surface area contributed by atoms with Crippen molar-refractivity contribution in [2.75, 3.05) is 38.0 Å². The number of nitrogens with one attached hydrogen (secondary N) is 1. The van der Waals surface area contributed by atoms with Gasteiger partial charge in [-0.2, -0.15) is 0 Å². The number of carbonyl (C=O) groups excluding carboxylic acids is 1. The maximum absolute atomic E-state index is 11.8. The van der Waals surface area contributed by atoms with Gasteiger partial charge in [-0.15, -0.1) is 0 Å². The van der Waals surface area contributed by atoms with Crippen LogP contribution in [0, 0.1) is 0 Å². The second-order valence-electron chi connectivity index (χ2n) is 7.20. The maximum Gasteiger partial charge on any atom is 0.219 e. The summed E-state index contributed by atoms with van der Waals surface area (Å²) in [6.45, 7) is 7.13. The van der Waals surface area contributed by atoms with E-state index >= 15 is 0 Å². The molecule has 1 saturated heterocycles. The number of carbonyl (C=O) groups is 1. The molecule has 142 valence electrons. The molecule has 4 heterocycles. The van der Waals surface area contributed by atoms with E-state index in [4.69, 9.17) is 9.97 Å². The van der Waals surface area contributed by atoms with Crippen LogP contribution in [0.3, 0.4) is 0 Å². The molecule has 4 rings (SSSR count). The summed E-state index contributed by atoms with van der Waals surface area (Å²) in [5.74, 6) is 1.59. The zero-order valence-electron chi connectivity index (χ0n) is 15.8. The zero-order valence-corrected chi connectivity index (χ0v) is 15.8. The Kier molecular flexibility index (Phi) is 5.29. The molecular formula is C20H26N6O. The molecule has 0 aromatic carbocycles. The van der Waals surface area contributed by atoms with E-state index in [1.807, 2.05) is 23.1 Å². The molecule has 2 aromatic heterocycles. The van der Waals surface area contributed by atoms with Crippen molar-refractivity contribution in [1.82, 2.24) is 24.8 Å². The highest BCUT2D eigenvalue weighted by Gasteiger charge is 2.24. The third-order valence-electron chi connectivity index (χ3n) is 5.32. The largest absolute Gasteiger partial charge is 0.368 e. The van der Waals surface area contributed by atoms with Crippen molar-refractivity contribution in [1.29, 1.82) is 0 Å². The van der Waals surface area contributed by atoms with E-state index in [1.165, 1.54) is 25.9 Å². The molecule has 2 aromatic rings. The van der Waals surface area contributed by atoms with Gasteiger partial charge in [0, 0.05) is 38.3 Å². The monoisotopic (exact) mass is 366 g/mol. The highest BCUT2D eigenvalue weighted by Crippen LogP contribution is 2.26. The molecule has 0 bridgehead atoms. The fourth-order valence-corrected chi connectivity index (χ4v) is 3.79. The maximum atomic E-state index is 11.8. The molecule has 0 saturated carbocycles. The van der Waals surface area contributed by atoms with E-state index in [2.05, 4.69) is 15.2 Å². The number of hydrogen-bond donors (Lipinski definition) is 1. The number of nitrogens with zero attached hydrogens (tertiary/aromatic N) is 5. The Morgan fingerprint density at radius 2 is 2.04 bits per heavy atom. The topological polar surface area (TPSA) is 74.2 Å². The SMILES string of the molecule is CC(=O)N1CCc2c(nc(-c3ccccn3)nc2NCCN2CCCC2)C1. The fraction of sp³-hybridized carbons (Fsp3) is 0.500. The summed E-state index contributed by atoms with van der Waals surface area (Å²) >= 11 is 0. The average Bonchev–Trinajstić information content (AvgIpc) is 3.21. The molecule has 7 heteroatoms. The number of hydrogen-bond acceptors (Lipinski definition) is 6. The number of pyridine rings is 1. The van der Waals surface area contributed by atoms with Gasteiger partial charge in [0.05, 0.1) is 12.2 Å². The van der Waals surface area contributed by atoms with Crippen LogP contribution < -0.4 is 5.32 Å². The normalized spacial score (nSPS) is 17.0. The van der Waals surface area contributed by atoms with Gasteiger partial charge in [-0.3, -0.25) is 9.78 Å². The van der Waals surface area contributed by atoms with Gasteiger partial charge in [-0.05, 0) is 44.5 Å². The molecule has 2 aliphatic heterocycles. The molecule has 1 fully saturated rings. The van der Waals surface area contributed by atoms with Gasteiger partial charge in [0.2, 0.25) is 5.91 Å². The summed E-state index contributed by atoms with van der Waals surface area (Å²) in [4.78, 5) is 30.1. The lowest BCUT2D eigenvalue weighted by Gasteiger charge is -2.29. The number of likely N-dealkylation sites (tertiary alicyclic amines) is 1. The lowest BCUT2D eigenvalue weighted by Crippen LogP contribution is -2.35. The Morgan fingerprint density at radius 3 is 2.78 bits per heavy atom. The minimum Gasteiger partial charge on any atom is -0.368 e. The minimum atomic E-state index is 0.0854. The number of aromatic nitrogens is 3. The Morgan fingerprint density at radius 1 is 1.19 bits per heavy atom. The van der Waals surface area contributed by atoms with Crippen molar-refractivity contribution in [3.8, 4) is 11.5 Å². The summed E-state index contributed by atoms with van der Waals surface area (Å²) in [5, 5.41) is 3.53. The Bertz CT molecular complexity index is 804. The first-order valence-electron chi connectivity index (χ1n) is 9.73. The lowest BCUT2D eigenvalue weighted by molar-refractivity contribution is -0.129. The highest BCUT2D eigenvalue weighted by molar-refractivity contribution is 5.74. The predicted molar refractivity (Wildman–Crippen MR) is 104 cm³/mol. The number of anilines is 1. The smallest absolute Gasteiger partial charge is 0.219 e. The number of amides is 1. The van der Waals surface area contributed by atoms with Gasteiger partial charge in [0.1, 0.15) is 11.5 Å². The molecule has 2 aliphatic rings. The van der Waals surface area contributed by atoms with Crippen LogP contribution >= 0.6 is 0 Å². The molecule has 1 amide bonds. The first kappa shape index (κ1) is 17.9. The van der Waals surface area contributed by atoms with Crippen molar-refractivity contribution in [3.05, 3.63) is 35.7 Å². The van der Waals surface area contributed by atoms with Gasteiger partial charge >= 0.3 is 0 Å². The molecule has 27 heavy (non-hydrogen) atoms. The van der Waals surface area contributed by atoms with E-state index in [1.54, 1.807) is 13.1 Å². The van der Waals surface area contributed by atoms with Gasteiger partial charge < -0.3 is 15.1 Å². The van der Waals surface area contributed by atoms with E-state index < -0.39 is 0 Å². The summed E-state index contributed by atoms with van der Waals surface area (Å²) in [7, 11) is 0. The summed E-state index contributed by atoms with van der Waals surface area (Å²) < 4.78 is 0. The molecule has 1 N–H and O–H groups in total. The van der Waals surface area contributed by atoms with Crippen molar-refractivity contribution in [3.63, 3.8) is 0 Å². The molecule has 0 atom stereocenters. The van der Waals surface area contributed by atoms with Crippen LogP contribution in [0.2, 0.25) is 0 Å². The first-order valence-corrected chi connectivity index (χ1v) is 9.73. The van der Waals surface area contributed by atoms with E-state index in [9.17, 15) is 4.79 Å². The summed E-state index contributed by atoms with van der Waals surface area (Å²) in [6, 6.07) is 5.74. The quantitative estimate of drug-likeness (QED) is 0.872. The third-order valence-corrected chi connectivity index (χ3v) is 5.32. The van der Waals surface area contributed by atoms with Crippen LogP contribution in [0.4, 0.5) is 5.82 Å². The van der Waals surface area contributed by atoms with Gasteiger partial charge in [0.15, 0.2) is 5.82 Å². The average molecular weight is 366 g/mol. The molecule has 0 spiro atoms. The first-order chi connectivity index (χ1) is 13.2. The zero-order chi connectivity index (χ0) is 18.6. The number of rotatable bonds is 5. The Hall–Kier alpha value is -2.54. The Labute approximate surface area is 159 Å². The fourth-order valence-electron chi connectivity index (χ4n) is 3.79. The molecule has 0 radical (unpaired) electrons. The second kappa shape index (κ2) is 8.00. The van der Waals surface area contributed by atoms with Crippen LogP contribution in [-0.2, 0) is 17.8 Å². The van der Waals surface area contributed by atoms with Crippen LogP contribution in [-0.4, -0.2) is 63.4 Å². The highest BCUT2D eigenvalue weighted by atomic mass is 16.2. The standard InChI is InChI=1S/C20H26N6O/c1-15(27)26-12-7-16-18(14-26)23-20(17-6-2-3-8-21-17)24-19(16)22-9-13-25-10-4-5-11-25/h2-3,6,8H,4-5,7,9-14H2,1H3,(H,22,23,24). The van der Waals surface area contributed by atoms with Crippen LogP contribution in [0.15, 0.2) is 24.4 Å². The molecule has 0 aliphatic carbocycles. The summed E-state index contributed by atoms with van der Waals surface area (Å²) in [5.41, 5.74) is 2.81. The van der Waals surface area contributed by atoms with Crippen molar-refractivity contribution in [2.45, 2.75) is 32.7 Å². The molecular weight excluding hydrogens is 340 g/mol. The van der Waals surface area contributed by atoms with E-state index in [0.717, 1.165) is 48.8 Å². The second-order valence-corrected chi connectivity index (χ2v) is 7.20. The van der Waals surface area contributed by atoms with Gasteiger partial charge in [-0.25, -0.2) is 9.97 Å². The van der Waals surface area contributed by atoms with Crippen molar-refractivity contribution < 1.29 is 4.79 Å². The number of fused-ring (bicyclic) bond motifs is 1. The molecule has 0 unspecified atom stereocenters. The van der Waals surface area contributed by atoms with E-state index in [0.29, 0.717) is 12.4 Å². The minimum absolute atomic E-state index is 0.0854. The van der Waals surface area contributed by atoms with Crippen LogP contribution in [0.1, 0.15) is 31.0 Å². The van der Waals surface area contributed by atoms with Crippen molar-refractivity contribution >= 4 is 11.7 Å². The van der Waals surface area contributed by atoms with Crippen molar-refractivity contribution in [2.24, 2.45) is 0 Å². The summed E-state index contributed by atoms with van der Waals surface area (Å²) in [6.07, 6.45) is 5.13. The lowest BCUT2D eigenvalue weighted by atomic mass is 10.0. The van der Waals surface area contributed by atoms with Crippen LogP contribution in [0.5, 0.6) is 0 Å². The predicted octanol–water partition coefficient (Wildman–Crippen LogP) is 1.95. The van der Waals surface area contributed by atoms with Gasteiger partial charge in [0.25, 0.3) is 0 Å². The Balaban J connectivity index is 1.60. The van der Waals surface area contributed by atoms with Gasteiger partial charge in [-0.1, -0.05) is 6.07 Å². The third kappa shape index (κ3) is 4.08.